The minimum Gasteiger partial charge on any atom is -0.379 e. The number of hydrogen-bond acceptors (Lipinski definition) is 6. The third-order valence-electron chi connectivity index (χ3n) is 7.13. The highest BCUT2D eigenvalue weighted by molar-refractivity contribution is 5.94. The number of nitrogens with zero attached hydrogens (tertiary/aromatic N) is 2. The molecule has 8 heteroatoms. The summed E-state index contributed by atoms with van der Waals surface area (Å²) in [7, 11) is 0. The number of hydrogen-bond donors (Lipinski definition) is 2. The van der Waals surface area contributed by atoms with Crippen LogP contribution in [-0.2, 0) is 22.6 Å². The van der Waals surface area contributed by atoms with Crippen molar-refractivity contribution in [2.75, 3.05) is 65.7 Å². The van der Waals surface area contributed by atoms with E-state index in [1.807, 2.05) is 48.5 Å². The van der Waals surface area contributed by atoms with Crippen LogP contribution in [-0.4, -0.2) is 87.3 Å². The molecule has 8 nitrogen and oxygen atoms in total. The van der Waals surface area contributed by atoms with Crippen LogP contribution < -0.4 is 10.6 Å². The van der Waals surface area contributed by atoms with Gasteiger partial charge in [0.2, 0.25) is 0 Å². The van der Waals surface area contributed by atoms with E-state index < -0.39 is 0 Å². The largest absolute Gasteiger partial charge is 0.379 e. The summed E-state index contributed by atoms with van der Waals surface area (Å²) >= 11 is 0. The number of rotatable bonds is 13. The summed E-state index contributed by atoms with van der Waals surface area (Å²) in [6.07, 6.45) is 3.90. The molecule has 0 radical (unpaired) electrons. The van der Waals surface area contributed by atoms with Gasteiger partial charge >= 0.3 is 0 Å². The maximum Gasteiger partial charge on any atom is 0.251 e. The third kappa shape index (κ3) is 9.51. The topological polar surface area (TPSA) is 83.1 Å². The smallest absolute Gasteiger partial charge is 0.251 e. The Morgan fingerprint density at radius 2 is 0.947 bits per heavy atom. The van der Waals surface area contributed by atoms with E-state index in [0.29, 0.717) is 24.2 Å². The summed E-state index contributed by atoms with van der Waals surface area (Å²) < 4.78 is 10.8. The molecule has 2 fully saturated rings. The van der Waals surface area contributed by atoms with E-state index in [-0.39, 0.29) is 11.8 Å². The summed E-state index contributed by atoms with van der Waals surface area (Å²) in [6, 6.07) is 15.8. The number of carbonyl (C=O) groups excluding carboxylic acids is 2. The lowest BCUT2D eigenvalue weighted by Crippen LogP contribution is -2.35. The standard InChI is InChI=1S/C30H42N4O4/c35-29(27-9-5-25(6-10-27)23-33-15-19-37-20-16-33)31-13-3-1-2-4-14-32-30(36)28-11-7-26(8-12-28)24-34-17-21-38-22-18-34/h5-12H,1-4,13-24H2,(H,31,35)(H,32,36). The van der Waals surface area contributed by atoms with Gasteiger partial charge < -0.3 is 20.1 Å². The van der Waals surface area contributed by atoms with Crippen LogP contribution in [0.2, 0.25) is 0 Å². The van der Waals surface area contributed by atoms with Crippen molar-refractivity contribution in [3.05, 3.63) is 70.8 Å². The first-order valence-electron chi connectivity index (χ1n) is 14.0. The van der Waals surface area contributed by atoms with Crippen molar-refractivity contribution >= 4 is 11.8 Å². The minimum absolute atomic E-state index is 0.0221. The Hall–Kier alpha value is -2.78. The van der Waals surface area contributed by atoms with Gasteiger partial charge in [-0.3, -0.25) is 19.4 Å². The van der Waals surface area contributed by atoms with Crippen molar-refractivity contribution in [1.82, 2.24) is 20.4 Å². The molecule has 2 aliphatic rings. The van der Waals surface area contributed by atoms with Crippen LogP contribution in [0.15, 0.2) is 48.5 Å². The molecule has 2 aromatic carbocycles. The minimum atomic E-state index is -0.0221. The molecule has 0 aliphatic carbocycles. The van der Waals surface area contributed by atoms with Gasteiger partial charge in [0.05, 0.1) is 26.4 Å². The fraction of sp³-hybridized carbons (Fsp3) is 0.533. The maximum atomic E-state index is 12.4. The van der Waals surface area contributed by atoms with Gasteiger partial charge in [0.25, 0.3) is 11.8 Å². The molecule has 2 amide bonds. The number of amides is 2. The van der Waals surface area contributed by atoms with Gasteiger partial charge in [-0.15, -0.1) is 0 Å². The monoisotopic (exact) mass is 522 g/mol. The van der Waals surface area contributed by atoms with Gasteiger partial charge in [0.1, 0.15) is 0 Å². The molecular formula is C30H42N4O4. The zero-order valence-corrected chi connectivity index (χ0v) is 22.5. The van der Waals surface area contributed by atoms with Crippen LogP contribution >= 0.6 is 0 Å². The molecule has 2 N–H and O–H groups in total. The van der Waals surface area contributed by atoms with Crippen molar-refractivity contribution in [3.8, 4) is 0 Å². The highest BCUT2D eigenvalue weighted by atomic mass is 16.5. The van der Waals surface area contributed by atoms with E-state index in [1.165, 1.54) is 11.1 Å². The molecule has 0 bridgehead atoms. The Morgan fingerprint density at radius 1 is 0.579 bits per heavy atom. The zero-order valence-electron chi connectivity index (χ0n) is 22.5. The predicted octanol–water partition coefficient (Wildman–Crippen LogP) is 3.07. The van der Waals surface area contributed by atoms with Crippen molar-refractivity contribution < 1.29 is 19.1 Å². The lowest BCUT2D eigenvalue weighted by atomic mass is 10.1. The molecule has 38 heavy (non-hydrogen) atoms. The van der Waals surface area contributed by atoms with Crippen molar-refractivity contribution in [1.29, 1.82) is 0 Å². The molecule has 0 spiro atoms. The van der Waals surface area contributed by atoms with Gasteiger partial charge in [-0.25, -0.2) is 0 Å². The molecule has 0 unspecified atom stereocenters. The molecular weight excluding hydrogens is 480 g/mol. The lowest BCUT2D eigenvalue weighted by Gasteiger charge is -2.26. The van der Waals surface area contributed by atoms with Crippen LogP contribution in [0.1, 0.15) is 57.5 Å². The SMILES string of the molecule is O=C(NCCCCCCNC(=O)c1ccc(CN2CCOCC2)cc1)c1ccc(CN2CCOCC2)cc1. The number of unbranched alkanes of at least 4 members (excludes halogenated alkanes) is 3. The number of benzene rings is 2. The van der Waals surface area contributed by atoms with Gasteiger partial charge in [0, 0.05) is 63.5 Å². The van der Waals surface area contributed by atoms with Crippen LogP contribution in [0.4, 0.5) is 0 Å². The number of morpholine rings is 2. The Morgan fingerprint density at radius 3 is 1.32 bits per heavy atom. The van der Waals surface area contributed by atoms with Gasteiger partial charge in [-0.1, -0.05) is 37.1 Å². The first-order chi connectivity index (χ1) is 18.7. The molecule has 206 valence electrons. The van der Waals surface area contributed by atoms with Crippen LogP contribution in [0, 0.1) is 0 Å². The summed E-state index contributed by atoms with van der Waals surface area (Å²) in [5.74, 6) is -0.0442. The quantitative estimate of drug-likeness (QED) is 0.394. The average molecular weight is 523 g/mol. The van der Waals surface area contributed by atoms with Gasteiger partial charge in [0.15, 0.2) is 0 Å². The van der Waals surface area contributed by atoms with E-state index in [9.17, 15) is 9.59 Å². The molecule has 2 aromatic rings. The summed E-state index contributed by atoms with van der Waals surface area (Å²) in [5, 5.41) is 6.03. The second-order valence-corrected chi connectivity index (χ2v) is 10.1. The van der Waals surface area contributed by atoms with Gasteiger partial charge in [-0.05, 0) is 48.2 Å². The van der Waals surface area contributed by atoms with Crippen LogP contribution in [0.5, 0.6) is 0 Å². The fourth-order valence-electron chi connectivity index (χ4n) is 4.77. The maximum absolute atomic E-state index is 12.4. The first kappa shape index (κ1) is 28.2. The second kappa shape index (κ2) is 15.6. The molecule has 2 aliphatic heterocycles. The normalized spacial score (nSPS) is 16.7. The summed E-state index contributed by atoms with van der Waals surface area (Å²) in [4.78, 5) is 29.6. The number of nitrogens with one attached hydrogen (secondary N) is 2. The highest BCUT2D eigenvalue weighted by Crippen LogP contribution is 2.11. The summed E-state index contributed by atoms with van der Waals surface area (Å²) in [6.45, 7) is 10.1. The highest BCUT2D eigenvalue weighted by Gasteiger charge is 2.13. The van der Waals surface area contributed by atoms with Crippen LogP contribution in [0.3, 0.4) is 0 Å². The third-order valence-corrected chi connectivity index (χ3v) is 7.13. The van der Waals surface area contributed by atoms with E-state index in [4.69, 9.17) is 9.47 Å². The molecule has 0 aromatic heterocycles. The van der Waals surface area contributed by atoms with E-state index >= 15 is 0 Å². The van der Waals surface area contributed by atoms with Gasteiger partial charge in [-0.2, -0.15) is 0 Å². The predicted molar refractivity (Wildman–Crippen MR) is 148 cm³/mol. The molecule has 0 atom stereocenters. The second-order valence-electron chi connectivity index (χ2n) is 10.1. The van der Waals surface area contributed by atoms with Crippen LogP contribution in [0.25, 0.3) is 0 Å². The Kier molecular flexibility index (Phi) is 11.6. The number of carbonyl (C=O) groups is 2. The summed E-state index contributed by atoms with van der Waals surface area (Å²) in [5.41, 5.74) is 3.84. The number of ether oxygens (including phenoxy) is 2. The van der Waals surface area contributed by atoms with Crippen molar-refractivity contribution in [2.45, 2.75) is 38.8 Å². The Bertz CT molecular complexity index is 903. The van der Waals surface area contributed by atoms with E-state index in [1.54, 1.807) is 0 Å². The molecule has 2 saturated heterocycles. The lowest BCUT2D eigenvalue weighted by molar-refractivity contribution is 0.0341. The Labute approximate surface area is 226 Å². The Balaban J connectivity index is 1.03. The molecule has 2 heterocycles. The van der Waals surface area contributed by atoms with E-state index in [0.717, 1.165) is 91.4 Å². The van der Waals surface area contributed by atoms with E-state index in [2.05, 4.69) is 20.4 Å². The zero-order chi connectivity index (χ0) is 26.4. The fourth-order valence-corrected chi connectivity index (χ4v) is 4.77. The van der Waals surface area contributed by atoms with Crippen molar-refractivity contribution in [2.24, 2.45) is 0 Å². The van der Waals surface area contributed by atoms with Crippen molar-refractivity contribution in [3.63, 3.8) is 0 Å². The first-order valence-corrected chi connectivity index (χ1v) is 14.0. The molecule has 4 rings (SSSR count). The molecule has 0 saturated carbocycles. The average Bonchev–Trinajstić information content (AvgIpc) is 2.96.